The molecule has 0 saturated carbocycles. The Balaban J connectivity index is 1.37. The molecule has 5 nitrogen and oxygen atoms in total. The van der Waals surface area contributed by atoms with Crippen molar-refractivity contribution >= 4 is 5.97 Å². The number of hydrogen-bond donors (Lipinski definition) is 0. The van der Waals surface area contributed by atoms with Gasteiger partial charge in [0.25, 0.3) is 0 Å². The van der Waals surface area contributed by atoms with Crippen LogP contribution in [-0.4, -0.2) is 31.1 Å². The molecule has 3 aromatic carbocycles. The summed E-state index contributed by atoms with van der Waals surface area (Å²) in [6, 6.07) is 23.9. The second-order valence-electron chi connectivity index (χ2n) is 7.60. The van der Waals surface area contributed by atoms with Gasteiger partial charge >= 0.3 is 5.97 Å². The Hall–Kier alpha value is -3.31. The molecule has 1 heterocycles. The molecule has 0 aromatic heterocycles. The zero-order chi connectivity index (χ0) is 21.6. The Kier molecular flexibility index (Phi) is 6.53. The number of ether oxygens (including phenoxy) is 3. The van der Waals surface area contributed by atoms with E-state index in [-0.39, 0.29) is 12.1 Å². The SMILES string of the molecule is CCN(Cc1ccc(C(=O)OC)cc1)Cc1ccc(C2COc3ccccc3O2)cc1. The fraction of sp³-hybridized carbons (Fsp3) is 0.269. The summed E-state index contributed by atoms with van der Waals surface area (Å²) in [6.45, 7) is 5.26. The lowest BCUT2D eigenvalue weighted by Crippen LogP contribution is -2.23. The first kappa shape index (κ1) is 20.9. The minimum Gasteiger partial charge on any atom is -0.485 e. The first-order valence-electron chi connectivity index (χ1n) is 10.5. The highest BCUT2D eigenvalue weighted by atomic mass is 16.6. The number of esters is 1. The molecule has 1 atom stereocenters. The van der Waals surface area contributed by atoms with E-state index < -0.39 is 0 Å². The number of carbonyl (C=O) groups excluding carboxylic acids is 1. The summed E-state index contributed by atoms with van der Waals surface area (Å²) in [5.41, 5.74) is 4.09. The van der Waals surface area contributed by atoms with E-state index in [2.05, 4.69) is 36.1 Å². The van der Waals surface area contributed by atoms with Gasteiger partial charge in [0.05, 0.1) is 12.7 Å². The molecule has 0 amide bonds. The highest BCUT2D eigenvalue weighted by molar-refractivity contribution is 5.89. The molecule has 0 bridgehead atoms. The number of hydrogen-bond acceptors (Lipinski definition) is 5. The Bertz CT molecular complexity index is 1010. The average molecular weight is 418 g/mol. The third kappa shape index (κ3) is 5.06. The third-order valence-electron chi connectivity index (χ3n) is 5.49. The molecule has 0 saturated heterocycles. The number of para-hydroxylation sites is 2. The Morgan fingerprint density at radius 2 is 1.55 bits per heavy atom. The molecule has 4 rings (SSSR count). The number of rotatable bonds is 7. The summed E-state index contributed by atoms with van der Waals surface area (Å²) in [4.78, 5) is 14.0. The van der Waals surface area contributed by atoms with E-state index in [0.29, 0.717) is 12.2 Å². The van der Waals surface area contributed by atoms with Gasteiger partial charge < -0.3 is 14.2 Å². The van der Waals surface area contributed by atoms with Gasteiger partial charge in [0, 0.05) is 13.1 Å². The van der Waals surface area contributed by atoms with Gasteiger partial charge in [-0.3, -0.25) is 4.90 Å². The van der Waals surface area contributed by atoms with Gasteiger partial charge in [0.1, 0.15) is 6.61 Å². The van der Waals surface area contributed by atoms with Crippen LogP contribution in [0.1, 0.15) is 40.1 Å². The quantitative estimate of drug-likeness (QED) is 0.506. The summed E-state index contributed by atoms with van der Waals surface area (Å²) in [6.07, 6.45) is -0.0976. The van der Waals surface area contributed by atoms with Crippen molar-refractivity contribution < 1.29 is 19.0 Å². The Morgan fingerprint density at radius 1 is 0.935 bits per heavy atom. The fourth-order valence-electron chi connectivity index (χ4n) is 3.68. The predicted octanol–water partition coefficient (Wildman–Crippen LogP) is 5.01. The molecule has 0 aliphatic carbocycles. The number of benzene rings is 3. The van der Waals surface area contributed by atoms with Crippen molar-refractivity contribution in [3.8, 4) is 11.5 Å². The number of carbonyl (C=O) groups is 1. The molecule has 1 aliphatic rings. The molecule has 160 valence electrons. The van der Waals surface area contributed by atoms with E-state index in [4.69, 9.17) is 14.2 Å². The van der Waals surface area contributed by atoms with E-state index in [1.54, 1.807) is 0 Å². The molecule has 1 aliphatic heterocycles. The van der Waals surface area contributed by atoms with Gasteiger partial charge in [-0.05, 0) is 47.5 Å². The molecule has 0 radical (unpaired) electrons. The number of fused-ring (bicyclic) bond motifs is 1. The van der Waals surface area contributed by atoms with Crippen LogP contribution in [0.15, 0.2) is 72.8 Å². The van der Waals surface area contributed by atoms with Crippen molar-refractivity contribution in [1.82, 2.24) is 4.90 Å². The van der Waals surface area contributed by atoms with Gasteiger partial charge in [-0.2, -0.15) is 0 Å². The maximum Gasteiger partial charge on any atom is 0.337 e. The predicted molar refractivity (Wildman–Crippen MR) is 119 cm³/mol. The largest absolute Gasteiger partial charge is 0.485 e. The lowest BCUT2D eigenvalue weighted by molar-refractivity contribution is 0.0600. The summed E-state index contributed by atoms with van der Waals surface area (Å²) >= 11 is 0. The highest BCUT2D eigenvalue weighted by Gasteiger charge is 2.22. The zero-order valence-electron chi connectivity index (χ0n) is 17.9. The molecule has 5 heteroatoms. The van der Waals surface area contributed by atoms with Crippen LogP contribution in [0.4, 0.5) is 0 Å². The van der Waals surface area contributed by atoms with Crippen LogP contribution >= 0.6 is 0 Å². The van der Waals surface area contributed by atoms with Crippen molar-refractivity contribution in [2.75, 3.05) is 20.3 Å². The Labute approximate surface area is 183 Å². The van der Waals surface area contributed by atoms with Gasteiger partial charge in [0.15, 0.2) is 17.6 Å². The minimum absolute atomic E-state index is 0.0976. The van der Waals surface area contributed by atoms with Crippen molar-refractivity contribution in [1.29, 1.82) is 0 Å². The van der Waals surface area contributed by atoms with E-state index >= 15 is 0 Å². The van der Waals surface area contributed by atoms with Crippen molar-refractivity contribution in [3.05, 3.63) is 95.1 Å². The maximum atomic E-state index is 11.6. The smallest absolute Gasteiger partial charge is 0.337 e. The first-order chi connectivity index (χ1) is 15.2. The van der Waals surface area contributed by atoms with Crippen LogP contribution in [0, 0.1) is 0 Å². The molecule has 3 aromatic rings. The lowest BCUT2D eigenvalue weighted by Gasteiger charge is -2.27. The van der Waals surface area contributed by atoms with Crippen molar-refractivity contribution in [3.63, 3.8) is 0 Å². The summed E-state index contributed by atoms with van der Waals surface area (Å²) in [5.74, 6) is 1.28. The van der Waals surface area contributed by atoms with Crippen LogP contribution in [0.2, 0.25) is 0 Å². The van der Waals surface area contributed by atoms with Crippen LogP contribution in [-0.2, 0) is 17.8 Å². The third-order valence-corrected chi connectivity index (χ3v) is 5.49. The number of methoxy groups -OCH3 is 1. The molecule has 0 spiro atoms. The molecule has 1 unspecified atom stereocenters. The molecular weight excluding hydrogens is 390 g/mol. The summed E-state index contributed by atoms with van der Waals surface area (Å²) < 4.78 is 16.7. The molecule has 0 N–H and O–H groups in total. The first-order valence-corrected chi connectivity index (χ1v) is 10.5. The molecule has 0 fully saturated rings. The van der Waals surface area contributed by atoms with E-state index in [0.717, 1.165) is 42.3 Å². The standard InChI is InChI=1S/C26H27NO4/c1-3-27(17-20-10-14-22(15-11-20)26(28)29-2)16-19-8-12-21(13-9-19)25-18-30-23-6-4-5-7-24(23)31-25/h4-15,25H,3,16-18H2,1-2H3. The van der Waals surface area contributed by atoms with Gasteiger partial charge in [-0.15, -0.1) is 0 Å². The van der Waals surface area contributed by atoms with Crippen molar-refractivity contribution in [2.45, 2.75) is 26.1 Å². The van der Waals surface area contributed by atoms with Crippen LogP contribution in [0.25, 0.3) is 0 Å². The second kappa shape index (κ2) is 9.67. The van der Waals surface area contributed by atoms with Gasteiger partial charge in [-0.1, -0.05) is 55.5 Å². The van der Waals surface area contributed by atoms with Crippen LogP contribution in [0.5, 0.6) is 11.5 Å². The van der Waals surface area contributed by atoms with Crippen LogP contribution < -0.4 is 9.47 Å². The summed E-state index contributed by atoms with van der Waals surface area (Å²) in [5, 5.41) is 0. The monoisotopic (exact) mass is 417 g/mol. The van der Waals surface area contributed by atoms with E-state index in [1.165, 1.54) is 12.7 Å². The zero-order valence-corrected chi connectivity index (χ0v) is 17.9. The maximum absolute atomic E-state index is 11.6. The fourth-order valence-corrected chi connectivity index (χ4v) is 3.68. The minimum atomic E-state index is -0.310. The van der Waals surface area contributed by atoms with Gasteiger partial charge in [0.2, 0.25) is 0 Å². The number of nitrogens with zero attached hydrogens (tertiary/aromatic N) is 1. The van der Waals surface area contributed by atoms with Gasteiger partial charge in [-0.25, -0.2) is 4.79 Å². The topological polar surface area (TPSA) is 48.0 Å². The van der Waals surface area contributed by atoms with Crippen molar-refractivity contribution in [2.24, 2.45) is 0 Å². The highest BCUT2D eigenvalue weighted by Crippen LogP contribution is 2.35. The van der Waals surface area contributed by atoms with Crippen LogP contribution in [0.3, 0.4) is 0 Å². The lowest BCUT2D eigenvalue weighted by atomic mass is 10.1. The van der Waals surface area contributed by atoms with E-state index in [1.807, 2.05) is 48.5 Å². The Morgan fingerprint density at radius 3 is 2.16 bits per heavy atom. The molecular formula is C26H27NO4. The second-order valence-corrected chi connectivity index (χ2v) is 7.60. The molecule has 31 heavy (non-hydrogen) atoms. The summed E-state index contributed by atoms with van der Waals surface area (Å²) in [7, 11) is 1.40. The van der Waals surface area contributed by atoms with E-state index in [9.17, 15) is 4.79 Å². The normalized spacial score (nSPS) is 15.0. The average Bonchev–Trinajstić information content (AvgIpc) is 2.83.